The van der Waals surface area contributed by atoms with E-state index >= 15 is 0 Å². The first-order valence-electron chi connectivity index (χ1n) is 8.66. The van der Waals surface area contributed by atoms with Crippen molar-refractivity contribution in [2.24, 2.45) is 0 Å². The number of carbonyl (C=O) groups excluding carboxylic acids is 1. The van der Waals surface area contributed by atoms with Crippen LogP contribution in [-0.2, 0) is 0 Å². The van der Waals surface area contributed by atoms with Gasteiger partial charge in [-0.15, -0.1) is 0 Å². The van der Waals surface area contributed by atoms with Gasteiger partial charge < -0.3 is 5.32 Å². The highest BCUT2D eigenvalue weighted by Crippen LogP contribution is 2.18. The number of para-hydroxylation sites is 1. The monoisotopic (exact) mass is 311 g/mol. The molecule has 1 fully saturated rings. The largest absolute Gasteiger partial charge is 0.349 e. The molecule has 1 atom stereocenters. The summed E-state index contributed by atoms with van der Waals surface area (Å²) < 4.78 is 0. The number of rotatable bonds is 5. The van der Waals surface area contributed by atoms with Gasteiger partial charge in [0, 0.05) is 24.5 Å². The van der Waals surface area contributed by atoms with Gasteiger partial charge in [-0.05, 0) is 37.9 Å². The van der Waals surface area contributed by atoms with Gasteiger partial charge >= 0.3 is 0 Å². The van der Waals surface area contributed by atoms with Gasteiger partial charge in [0.25, 0.3) is 5.91 Å². The van der Waals surface area contributed by atoms with Crippen molar-refractivity contribution >= 4 is 16.8 Å². The molecule has 0 aliphatic carbocycles. The average molecular weight is 311 g/mol. The second-order valence-electron chi connectivity index (χ2n) is 6.24. The van der Waals surface area contributed by atoms with Crippen LogP contribution < -0.4 is 5.32 Å². The fourth-order valence-corrected chi connectivity index (χ4v) is 3.41. The summed E-state index contributed by atoms with van der Waals surface area (Å²) in [6, 6.07) is 12.3. The Balaban J connectivity index is 1.56. The van der Waals surface area contributed by atoms with E-state index in [1.165, 1.54) is 25.7 Å². The summed E-state index contributed by atoms with van der Waals surface area (Å²) in [6.45, 7) is 5.02. The Morgan fingerprint density at radius 3 is 3.00 bits per heavy atom. The molecule has 1 unspecified atom stereocenters. The van der Waals surface area contributed by atoms with E-state index in [-0.39, 0.29) is 5.91 Å². The van der Waals surface area contributed by atoms with Gasteiger partial charge in [0.15, 0.2) is 0 Å². The predicted octanol–water partition coefficient (Wildman–Crippen LogP) is 3.23. The first-order valence-corrected chi connectivity index (χ1v) is 8.66. The van der Waals surface area contributed by atoms with Crippen molar-refractivity contribution in [2.75, 3.05) is 19.6 Å². The minimum Gasteiger partial charge on any atom is -0.349 e. The fraction of sp³-hybridized carbons (Fsp3) is 0.474. The average Bonchev–Trinajstić information content (AvgIpc) is 2.61. The molecule has 1 aromatic carbocycles. The Hall–Kier alpha value is -1.94. The number of carbonyl (C=O) groups is 1. The molecule has 4 nitrogen and oxygen atoms in total. The number of likely N-dealkylation sites (tertiary alicyclic amines) is 1. The molecule has 1 N–H and O–H groups in total. The number of nitrogens with zero attached hydrogens (tertiary/aromatic N) is 2. The summed E-state index contributed by atoms with van der Waals surface area (Å²) in [5.41, 5.74) is 1.36. The summed E-state index contributed by atoms with van der Waals surface area (Å²) in [4.78, 5) is 19.2. The maximum absolute atomic E-state index is 12.3. The number of hydrogen-bond donors (Lipinski definition) is 1. The molecule has 1 aliphatic heterocycles. The third-order valence-electron chi connectivity index (χ3n) is 4.74. The number of benzene rings is 1. The van der Waals surface area contributed by atoms with E-state index < -0.39 is 0 Å². The van der Waals surface area contributed by atoms with Crippen LogP contribution in [0, 0.1) is 0 Å². The van der Waals surface area contributed by atoms with Crippen LogP contribution in [0.4, 0.5) is 0 Å². The lowest BCUT2D eigenvalue weighted by atomic mass is 10.0. The van der Waals surface area contributed by atoms with Gasteiger partial charge in [0.05, 0.1) is 5.52 Å². The Labute approximate surface area is 137 Å². The van der Waals surface area contributed by atoms with Crippen molar-refractivity contribution in [3.8, 4) is 0 Å². The Morgan fingerprint density at radius 1 is 1.26 bits per heavy atom. The minimum absolute atomic E-state index is 0.0826. The molecule has 2 aromatic rings. The minimum atomic E-state index is -0.0826. The number of hydrogen-bond acceptors (Lipinski definition) is 3. The van der Waals surface area contributed by atoms with Crippen LogP contribution in [0.5, 0.6) is 0 Å². The quantitative estimate of drug-likeness (QED) is 0.922. The zero-order chi connectivity index (χ0) is 16.1. The lowest BCUT2D eigenvalue weighted by Crippen LogP contribution is -2.43. The lowest BCUT2D eigenvalue weighted by Gasteiger charge is -2.35. The van der Waals surface area contributed by atoms with E-state index in [1.54, 1.807) is 6.07 Å². The molecule has 23 heavy (non-hydrogen) atoms. The molecule has 0 bridgehead atoms. The van der Waals surface area contributed by atoms with Crippen molar-refractivity contribution in [3.05, 3.63) is 42.1 Å². The van der Waals surface area contributed by atoms with Gasteiger partial charge in [-0.25, -0.2) is 4.98 Å². The maximum atomic E-state index is 12.3. The van der Waals surface area contributed by atoms with Gasteiger partial charge in [-0.2, -0.15) is 0 Å². The number of fused-ring (bicyclic) bond motifs is 1. The Bertz CT molecular complexity index is 670. The number of piperidine rings is 1. The zero-order valence-corrected chi connectivity index (χ0v) is 13.8. The lowest BCUT2D eigenvalue weighted by molar-refractivity contribution is 0.0929. The molecule has 122 valence electrons. The van der Waals surface area contributed by atoms with Gasteiger partial charge in [-0.3, -0.25) is 9.69 Å². The summed E-state index contributed by atoms with van der Waals surface area (Å²) in [7, 11) is 0. The van der Waals surface area contributed by atoms with E-state index in [4.69, 9.17) is 0 Å². The first-order chi connectivity index (χ1) is 11.3. The highest BCUT2D eigenvalue weighted by molar-refractivity contribution is 5.94. The summed E-state index contributed by atoms with van der Waals surface area (Å²) in [5, 5.41) is 4.07. The van der Waals surface area contributed by atoms with E-state index in [9.17, 15) is 4.79 Å². The standard InChI is InChI=1S/C19H25N3O/c1-2-16-8-5-6-13-22(16)14-12-20-19(23)18-11-10-15-7-3-4-9-17(15)21-18/h3-4,7,9-11,16H,2,5-6,8,12-14H2,1H3,(H,20,23). The number of pyridine rings is 1. The Kier molecular flexibility index (Phi) is 5.23. The topological polar surface area (TPSA) is 45.2 Å². The fourth-order valence-electron chi connectivity index (χ4n) is 3.41. The van der Waals surface area contributed by atoms with Crippen LogP contribution in [0.2, 0.25) is 0 Å². The van der Waals surface area contributed by atoms with Crippen LogP contribution in [0.15, 0.2) is 36.4 Å². The molecule has 1 aliphatic rings. The van der Waals surface area contributed by atoms with Crippen molar-refractivity contribution in [1.29, 1.82) is 0 Å². The number of aromatic nitrogens is 1. The molecule has 4 heteroatoms. The molecule has 1 aromatic heterocycles. The van der Waals surface area contributed by atoms with E-state index in [0.29, 0.717) is 18.3 Å². The number of amides is 1. The second kappa shape index (κ2) is 7.55. The summed E-state index contributed by atoms with van der Waals surface area (Å²) >= 11 is 0. The van der Waals surface area contributed by atoms with Gasteiger partial charge in [-0.1, -0.05) is 37.6 Å². The van der Waals surface area contributed by atoms with Crippen LogP contribution in [0.1, 0.15) is 43.1 Å². The molecule has 0 saturated carbocycles. The van der Waals surface area contributed by atoms with Crippen LogP contribution in [0.25, 0.3) is 10.9 Å². The highest BCUT2D eigenvalue weighted by Gasteiger charge is 2.20. The molecule has 1 amide bonds. The third-order valence-corrected chi connectivity index (χ3v) is 4.74. The third kappa shape index (κ3) is 3.88. The highest BCUT2D eigenvalue weighted by atomic mass is 16.1. The summed E-state index contributed by atoms with van der Waals surface area (Å²) in [5.74, 6) is -0.0826. The van der Waals surface area contributed by atoms with E-state index in [1.807, 2.05) is 30.3 Å². The van der Waals surface area contributed by atoms with Crippen molar-refractivity contribution in [3.63, 3.8) is 0 Å². The van der Waals surface area contributed by atoms with Gasteiger partial charge in [0.2, 0.25) is 0 Å². The molecular formula is C19H25N3O. The van der Waals surface area contributed by atoms with Crippen LogP contribution in [-0.4, -0.2) is 41.5 Å². The SMILES string of the molecule is CCC1CCCCN1CCNC(=O)c1ccc2ccccc2n1. The zero-order valence-electron chi connectivity index (χ0n) is 13.8. The normalized spacial score (nSPS) is 18.9. The number of nitrogens with one attached hydrogen (secondary N) is 1. The second-order valence-corrected chi connectivity index (χ2v) is 6.24. The molecule has 1 saturated heterocycles. The van der Waals surface area contributed by atoms with Crippen molar-refractivity contribution < 1.29 is 4.79 Å². The molecule has 3 rings (SSSR count). The molecular weight excluding hydrogens is 286 g/mol. The Morgan fingerprint density at radius 2 is 2.13 bits per heavy atom. The van der Waals surface area contributed by atoms with E-state index in [2.05, 4.69) is 22.1 Å². The molecule has 2 heterocycles. The van der Waals surface area contributed by atoms with Gasteiger partial charge in [0.1, 0.15) is 5.69 Å². The van der Waals surface area contributed by atoms with Crippen molar-refractivity contribution in [1.82, 2.24) is 15.2 Å². The predicted molar refractivity (Wildman–Crippen MR) is 93.6 cm³/mol. The molecule has 0 spiro atoms. The first kappa shape index (κ1) is 15.9. The van der Waals surface area contributed by atoms with Crippen LogP contribution >= 0.6 is 0 Å². The summed E-state index contributed by atoms with van der Waals surface area (Å²) in [6.07, 6.45) is 5.09. The maximum Gasteiger partial charge on any atom is 0.269 e. The van der Waals surface area contributed by atoms with E-state index in [0.717, 1.165) is 24.0 Å². The van der Waals surface area contributed by atoms with Crippen LogP contribution in [0.3, 0.4) is 0 Å². The molecule has 0 radical (unpaired) electrons. The smallest absolute Gasteiger partial charge is 0.269 e. The van der Waals surface area contributed by atoms with Crippen molar-refractivity contribution in [2.45, 2.75) is 38.6 Å².